The van der Waals surface area contributed by atoms with E-state index in [-0.39, 0.29) is 11.7 Å². The summed E-state index contributed by atoms with van der Waals surface area (Å²) in [7, 11) is 0. The lowest BCUT2D eigenvalue weighted by molar-refractivity contribution is -0.118. The molecule has 0 radical (unpaired) electrons. The van der Waals surface area contributed by atoms with Crippen LogP contribution >= 0.6 is 11.8 Å². The average molecular weight is 341 g/mol. The van der Waals surface area contributed by atoms with Gasteiger partial charge in [-0.3, -0.25) is 4.79 Å². The Kier molecular flexibility index (Phi) is 5.12. The Morgan fingerprint density at radius 2 is 2.21 bits per heavy atom. The maximum absolute atomic E-state index is 11.8. The van der Waals surface area contributed by atoms with Gasteiger partial charge in [0.05, 0.1) is 18.2 Å². The van der Waals surface area contributed by atoms with Crippen molar-refractivity contribution < 1.29 is 13.6 Å². The van der Waals surface area contributed by atoms with Gasteiger partial charge in [-0.15, -0.1) is 0 Å². The Morgan fingerprint density at radius 1 is 1.33 bits per heavy atom. The van der Waals surface area contributed by atoms with E-state index in [4.69, 9.17) is 8.83 Å². The number of carbonyl (C=O) groups is 1. The number of para-hydroxylation sites is 2. The van der Waals surface area contributed by atoms with E-state index in [0.717, 1.165) is 16.9 Å². The number of fused-ring (bicyclic) bond motifs is 1. The van der Waals surface area contributed by atoms with Crippen LogP contribution in [0.4, 0.5) is 0 Å². The number of furan rings is 1. The number of hydrogen-bond acceptors (Lipinski definition) is 6. The third kappa shape index (κ3) is 4.36. The molecule has 1 aromatic carbocycles. The van der Waals surface area contributed by atoms with Crippen LogP contribution < -0.4 is 5.43 Å². The van der Waals surface area contributed by atoms with Crippen molar-refractivity contribution in [3.05, 3.63) is 54.0 Å². The van der Waals surface area contributed by atoms with Crippen molar-refractivity contribution >= 4 is 41.1 Å². The predicted molar refractivity (Wildman–Crippen MR) is 93.7 cm³/mol. The number of thioether (sulfide) groups is 1. The summed E-state index contributed by atoms with van der Waals surface area (Å²) in [5, 5.41) is 4.37. The highest BCUT2D eigenvalue weighted by Gasteiger charge is 2.08. The number of benzene rings is 1. The molecule has 3 rings (SSSR count). The normalized spacial score (nSPS) is 12.1. The van der Waals surface area contributed by atoms with Gasteiger partial charge in [0.15, 0.2) is 5.58 Å². The number of nitrogens with one attached hydrogen (secondary N) is 1. The zero-order chi connectivity index (χ0) is 16.8. The molecule has 1 amide bonds. The highest BCUT2D eigenvalue weighted by molar-refractivity contribution is 7.99. The monoisotopic (exact) mass is 341 g/mol. The van der Waals surface area contributed by atoms with Crippen molar-refractivity contribution in [3.8, 4) is 0 Å². The van der Waals surface area contributed by atoms with E-state index in [9.17, 15) is 4.79 Å². The lowest BCUT2D eigenvalue weighted by Gasteiger charge is -1.97. The Balaban J connectivity index is 1.48. The number of nitrogens with zero attached hydrogens (tertiary/aromatic N) is 2. The lowest BCUT2D eigenvalue weighted by atomic mass is 10.3. The van der Waals surface area contributed by atoms with Gasteiger partial charge in [0.2, 0.25) is 0 Å². The van der Waals surface area contributed by atoms with E-state index >= 15 is 0 Å². The Morgan fingerprint density at radius 3 is 3.00 bits per heavy atom. The van der Waals surface area contributed by atoms with Crippen LogP contribution in [0.15, 0.2) is 67.4 Å². The molecule has 1 N–H and O–H groups in total. The van der Waals surface area contributed by atoms with Crippen LogP contribution in [0.3, 0.4) is 0 Å². The molecule has 3 aromatic rings. The molecule has 0 saturated carbocycles. The molecule has 0 bridgehead atoms. The molecule has 122 valence electrons. The zero-order valence-electron chi connectivity index (χ0n) is 12.9. The van der Waals surface area contributed by atoms with Gasteiger partial charge < -0.3 is 8.83 Å². The summed E-state index contributed by atoms with van der Waals surface area (Å²) in [4.78, 5) is 16.1. The molecule has 0 fully saturated rings. The van der Waals surface area contributed by atoms with Gasteiger partial charge >= 0.3 is 0 Å². The number of rotatable bonds is 6. The number of aromatic nitrogens is 1. The molecule has 0 unspecified atom stereocenters. The highest BCUT2D eigenvalue weighted by atomic mass is 32.2. The fourth-order valence-electron chi connectivity index (χ4n) is 1.91. The number of hydrazone groups is 1. The van der Waals surface area contributed by atoms with Gasteiger partial charge in [0, 0.05) is 0 Å². The van der Waals surface area contributed by atoms with Crippen LogP contribution in [0, 0.1) is 0 Å². The second-order valence-corrected chi connectivity index (χ2v) is 5.86. The van der Waals surface area contributed by atoms with E-state index in [1.165, 1.54) is 11.8 Å². The van der Waals surface area contributed by atoms with Crippen LogP contribution in [0.5, 0.6) is 0 Å². The molecule has 6 nitrogen and oxygen atoms in total. The highest BCUT2D eigenvalue weighted by Crippen LogP contribution is 2.22. The van der Waals surface area contributed by atoms with Crippen LogP contribution in [0.25, 0.3) is 17.2 Å². The van der Waals surface area contributed by atoms with Crippen LogP contribution in [0.2, 0.25) is 0 Å². The minimum absolute atomic E-state index is 0.172. The van der Waals surface area contributed by atoms with E-state index in [1.54, 1.807) is 18.5 Å². The third-order valence-electron chi connectivity index (χ3n) is 2.97. The first-order valence-electron chi connectivity index (χ1n) is 7.23. The first-order valence-corrected chi connectivity index (χ1v) is 8.21. The third-order valence-corrected chi connectivity index (χ3v) is 3.80. The van der Waals surface area contributed by atoms with E-state index in [1.807, 2.05) is 43.3 Å². The summed E-state index contributed by atoms with van der Waals surface area (Å²) in [6, 6.07) is 11.1. The summed E-state index contributed by atoms with van der Waals surface area (Å²) >= 11 is 1.22. The summed E-state index contributed by atoms with van der Waals surface area (Å²) in [5.41, 5.74) is 4.80. The summed E-state index contributed by atoms with van der Waals surface area (Å²) in [6.45, 7) is 1.87. The molecule has 0 spiro atoms. The van der Waals surface area contributed by atoms with E-state index in [2.05, 4.69) is 15.5 Å². The van der Waals surface area contributed by atoms with Crippen molar-refractivity contribution in [2.75, 3.05) is 5.75 Å². The number of allylic oxidation sites excluding steroid dienone is 1. The smallest absolute Gasteiger partial charge is 0.257 e. The van der Waals surface area contributed by atoms with Crippen molar-refractivity contribution in [2.24, 2.45) is 5.10 Å². The number of carbonyl (C=O) groups excluding carboxylic acids is 1. The number of amides is 1. The fourth-order valence-corrected chi connectivity index (χ4v) is 2.54. The second kappa shape index (κ2) is 7.65. The maximum Gasteiger partial charge on any atom is 0.257 e. The van der Waals surface area contributed by atoms with Gasteiger partial charge in [-0.2, -0.15) is 5.10 Å². The van der Waals surface area contributed by atoms with Crippen molar-refractivity contribution in [2.45, 2.75) is 12.1 Å². The Bertz CT molecular complexity index is 849. The minimum Gasteiger partial charge on any atom is -0.465 e. The van der Waals surface area contributed by atoms with Gasteiger partial charge in [-0.25, -0.2) is 10.4 Å². The molecular weight excluding hydrogens is 326 g/mol. The van der Waals surface area contributed by atoms with E-state index in [0.29, 0.717) is 10.8 Å². The minimum atomic E-state index is -0.232. The van der Waals surface area contributed by atoms with Gasteiger partial charge in [0.1, 0.15) is 11.3 Å². The lowest BCUT2D eigenvalue weighted by Crippen LogP contribution is -2.19. The largest absolute Gasteiger partial charge is 0.465 e. The van der Waals surface area contributed by atoms with Crippen molar-refractivity contribution in [1.82, 2.24) is 10.4 Å². The van der Waals surface area contributed by atoms with Crippen LogP contribution in [-0.4, -0.2) is 22.9 Å². The molecule has 0 atom stereocenters. The zero-order valence-corrected chi connectivity index (χ0v) is 13.7. The van der Waals surface area contributed by atoms with E-state index < -0.39 is 0 Å². The maximum atomic E-state index is 11.8. The second-order valence-electron chi connectivity index (χ2n) is 4.93. The van der Waals surface area contributed by atoms with Crippen LogP contribution in [0.1, 0.15) is 12.7 Å². The van der Waals surface area contributed by atoms with Gasteiger partial charge in [-0.05, 0) is 42.8 Å². The topological polar surface area (TPSA) is 80.6 Å². The molecule has 0 aliphatic rings. The number of oxazole rings is 1. The van der Waals surface area contributed by atoms with Crippen molar-refractivity contribution in [3.63, 3.8) is 0 Å². The molecule has 2 aromatic heterocycles. The molecule has 7 heteroatoms. The average Bonchev–Trinajstić information content (AvgIpc) is 3.21. The molecular formula is C17H15N3O3S. The van der Waals surface area contributed by atoms with Gasteiger partial charge in [0.25, 0.3) is 11.1 Å². The Labute approximate surface area is 142 Å². The first kappa shape index (κ1) is 16.1. The SMILES string of the molecule is CC(/C=N/NC(=O)CSc1nc2ccccc2o1)=C\c1ccco1. The predicted octanol–water partition coefficient (Wildman–Crippen LogP) is 3.72. The van der Waals surface area contributed by atoms with Crippen molar-refractivity contribution in [1.29, 1.82) is 0 Å². The van der Waals surface area contributed by atoms with Crippen LogP contribution in [-0.2, 0) is 4.79 Å². The molecule has 2 heterocycles. The Hall–Kier alpha value is -2.80. The standard InChI is InChI=1S/C17H15N3O3S/c1-12(9-13-5-4-8-22-13)10-18-20-16(21)11-24-17-19-14-6-2-3-7-15(14)23-17/h2-10H,11H2,1H3,(H,20,21)/b12-9+,18-10+. The molecule has 24 heavy (non-hydrogen) atoms. The number of hydrogen-bond donors (Lipinski definition) is 1. The molecule has 0 saturated heterocycles. The van der Waals surface area contributed by atoms with Gasteiger partial charge in [-0.1, -0.05) is 23.9 Å². The molecule has 0 aliphatic heterocycles. The first-order chi connectivity index (χ1) is 11.7. The summed E-state index contributed by atoms with van der Waals surface area (Å²) in [5.74, 6) is 0.673. The fraction of sp³-hybridized carbons (Fsp3) is 0.118. The summed E-state index contributed by atoms with van der Waals surface area (Å²) in [6.07, 6.45) is 4.98. The summed E-state index contributed by atoms with van der Waals surface area (Å²) < 4.78 is 10.7. The quantitative estimate of drug-likeness (QED) is 0.420. The molecule has 0 aliphatic carbocycles.